The van der Waals surface area contributed by atoms with Gasteiger partial charge in [0.25, 0.3) is 0 Å². The van der Waals surface area contributed by atoms with E-state index >= 15 is 0 Å². The summed E-state index contributed by atoms with van der Waals surface area (Å²) in [5, 5.41) is 10.1. The van der Waals surface area contributed by atoms with Crippen molar-refractivity contribution in [2.24, 2.45) is 0 Å². The van der Waals surface area contributed by atoms with Crippen molar-refractivity contribution in [3.63, 3.8) is 0 Å². The summed E-state index contributed by atoms with van der Waals surface area (Å²) in [6.45, 7) is 0. The quantitative estimate of drug-likeness (QED) is 0.598. The first-order valence-corrected chi connectivity index (χ1v) is 2.32. The molecule has 1 amide bonds. The van der Waals surface area contributed by atoms with Gasteiger partial charge in [-0.05, 0) is 6.07 Å². The van der Waals surface area contributed by atoms with Crippen molar-refractivity contribution in [2.45, 2.75) is 0 Å². The lowest BCUT2D eigenvalue weighted by atomic mass is 10.6. The molecule has 2 N–H and O–H groups in total. The Morgan fingerprint density at radius 2 is 2.56 bits per heavy atom. The normalized spacial score (nSPS) is 8.89. The van der Waals surface area contributed by atoms with Crippen molar-refractivity contribution in [3.05, 3.63) is 18.4 Å². The summed E-state index contributed by atoms with van der Waals surface area (Å²) in [6.07, 6.45) is 0.274. The van der Waals surface area contributed by atoms with Gasteiger partial charge in [-0.2, -0.15) is 0 Å². The van der Waals surface area contributed by atoms with Gasteiger partial charge in [-0.3, -0.25) is 5.32 Å². The summed E-state index contributed by atoms with van der Waals surface area (Å²) < 4.78 is 4.65. The zero-order valence-electron chi connectivity index (χ0n) is 4.50. The molecule has 0 aromatic carbocycles. The zero-order chi connectivity index (χ0) is 6.69. The SMILES string of the molecule is O=C(O)Nc1ccco1. The lowest BCUT2D eigenvalue weighted by Crippen LogP contribution is -2.05. The van der Waals surface area contributed by atoms with E-state index in [0.717, 1.165) is 0 Å². The van der Waals surface area contributed by atoms with Gasteiger partial charge >= 0.3 is 6.09 Å². The van der Waals surface area contributed by atoms with Crippen LogP contribution in [0.4, 0.5) is 10.7 Å². The molecule has 1 aromatic rings. The van der Waals surface area contributed by atoms with Gasteiger partial charge in [0, 0.05) is 6.07 Å². The Morgan fingerprint density at radius 3 is 3.00 bits per heavy atom. The molecule has 0 saturated heterocycles. The van der Waals surface area contributed by atoms with Gasteiger partial charge in [0.15, 0.2) is 0 Å². The molecule has 4 heteroatoms. The summed E-state index contributed by atoms with van der Waals surface area (Å²) in [7, 11) is 0. The van der Waals surface area contributed by atoms with E-state index in [-0.39, 0.29) is 5.88 Å². The maximum atomic E-state index is 9.90. The fourth-order valence-electron chi connectivity index (χ4n) is 0.455. The van der Waals surface area contributed by atoms with E-state index in [1.807, 2.05) is 5.32 Å². The number of anilines is 1. The molecule has 0 aliphatic carbocycles. The van der Waals surface area contributed by atoms with E-state index in [9.17, 15) is 4.79 Å². The van der Waals surface area contributed by atoms with Gasteiger partial charge in [0.05, 0.1) is 6.26 Å². The standard InChI is InChI=1S/C5H5NO3/c7-5(8)6-4-2-1-3-9-4/h1-3,6H,(H,7,8). The molecule has 1 heterocycles. The third-order valence-electron chi connectivity index (χ3n) is 0.751. The van der Waals surface area contributed by atoms with Gasteiger partial charge < -0.3 is 9.52 Å². The molecule has 0 saturated carbocycles. The second kappa shape index (κ2) is 2.21. The highest BCUT2D eigenvalue weighted by atomic mass is 16.4. The van der Waals surface area contributed by atoms with Crippen LogP contribution in [0, 0.1) is 0 Å². The van der Waals surface area contributed by atoms with Crippen molar-refractivity contribution >= 4 is 12.0 Å². The van der Waals surface area contributed by atoms with Crippen molar-refractivity contribution in [3.8, 4) is 0 Å². The van der Waals surface area contributed by atoms with Gasteiger partial charge in [-0.1, -0.05) is 0 Å². The Morgan fingerprint density at radius 1 is 1.78 bits per heavy atom. The lowest BCUT2D eigenvalue weighted by molar-refractivity contribution is 0.209. The molecule has 0 atom stereocenters. The molecule has 9 heavy (non-hydrogen) atoms. The maximum absolute atomic E-state index is 9.90. The predicted octanol–water partition coefficient (Wildman–Crippen LogP) is 1.37. The second-order valence-electron chi connectivity index (χ2n) is 1.41. The average molecular weight is 127 g/mol. The number of hydrogen-bond donors (Lipinski definition) is 2. The zero-order valence-corrected chi connectivity index (χ0v) is 4.50. The largest absolute Gasteiger partial charge is 0.465 e. The van der Waals surface area contributed by atoms with Crippen molar-refractivity contribution in [1.82, 2.24) is 0 Å². The number of carboxylic acid groups (broad SMARTS) is 1. The Kier molecular flexibility index (Phi) is 1.40. The van der Waals surface area contributed by atoms with Crippen LogP contribution in [0.25, 0.3) is 0 Å². The summed E-state index contributed by atoms with van der Waals surface area (Å²) in [4.78, 5) is 9.90. The van der Waals surface area contributed by atoms with Crippen LogP contribution in [0.1, 0.15) is 0 Å². The first-order valence-electron chi connectivity index (χ1n) is 2.32. The van der Waals surface area contributed by atoms with Gasteiger partial charge in [0.2, 0.25) is 5.88 Å². The molecule has 48 valence electrons. The maximum Gasteiger partial charge on any atom is 0.411 e. The Balaban J connectivity index is 2.58. The first kappa shape index (κ1) is 5.68. The van der Waals surface area contributed by atoms with Crippen LogP contribution in [0.3, 0.4) is 0 Å². The molecule has 0 spiro atoms. The van der Waals surface area contributed by atoms with Crippen LogP contribution in [0.15, 0.2) is 22.8 Å². The molecule has 0 bridgehead atoms. The lowest BCUT2D eigenvalue weighted by Gasteiger charge is -1.90. The minimum absolute atomic E-state index is 0.238. The van der Waals surface area contributed by atoms with E-state index in [2.05, 4.69) is 4.42 Å². The summed E-state index contributed by atoms with van der Waals surface area (Å²) in [5.74, 6) is 0.238. The van der Waals surface area contributed by atoms with Crippen LogP contribution in [0.5, 0.6) is 0 Å². The fraction of sp³-hybridized carbons (Fsp3) is 0. The summed E-state index contributed by atoms with van der Waals surface area (Å²) in [6, 6.07) is 3.12. The third-order valence-corrected chi connectivity index (χ3v) is 0.751. The molecule has 0 aliphatic heterocycles. The number of carbonyl (C=O) groups is 1. The van der Waals surface area contributed by atoms with Gasteiger partial charge in [0.1, 0.15) is 0 Å². The van der Waals surface area contributed by atoms with Gasteiger partial charge in [-0.15, -0.1) is 0 Å². The predicted molar refractivity (Wildman–Crippen MR) is 30.4 cm³/mol. The van der Waals surface area contributed by atoms with E-state index in [4.69, 9.17) is 5.11 Å². The smallest absolute Gasteiger partial charge is 0.411 e. The summed E-state index contributed by atoms with van der Waals surface area (Å²) in [5.41, 5.74) is 0. The number of hydrogen-bond acceptors (Lipinski definition) is 2. The van der Waals surface area contributed by atoms with Crippen LogP contribution < -0.4 is 5.32 Å². The molecule has 1 aromatic heterocycles. The molecule has 0 unspecified atom stereocenters. The monoisotopic (exact) mass is 127 g/mol. The van der Waals surface area contributed by atoms with Crippen molar-refractivity contribution < 1.29 is 14.3 Å². The highest BCUT2D eigenvalue weighted by molar-refractivity contribution is 5.80. The van der Waals surface area contributed by atoms with E-state index in [0.29, 0.717) is 0 Å². The Bertz CT molecular complexity index is 192. The Labute approximate surface area is 51.1 Å². The molecule has 4 nitrogen and oxygen atoms in total. The molecular formula is C5H5NO3. The first-order chi connectivity index (χ1) is 4.29. The van der Waals surface area contributed by atoms with Crippen molar-refractivity contribution in [1.29, 1.82) is 0 Å². The number of rotatable bonds is 1. The van der Waals surface area contributed by atoms with E-state index < -0.39 is 6.09 Å². The minimum Gasteiger partial charge on any atom is -0.465 e. The van der Waals surface area contributed by atoms with Crippen LogP contribution in [-0.2, 0) is 0 Å². The minimum atomic E-state index is -1.12. The third kappa shape index (κ3) is 1.49. The van der Waals surface area contributed by atoms with E-state index in [1.54, 1.807) is 6.07 Å². The van der Waals surface area contributed by atoms with Crippen LogP contribution in [-0.4, -0.2) is 11.2 Å². The highest BCUT2D eigenvalue weighted by Gasteiger charge is 1.96. The summed E-state index contributed by atoms with van der Waals surface area (Å²) >= 11 is 0. The average Bonchev–Trinajstić information content (AvgIpc) is 2.15. The second-order valence-corrected chi connectivity index (χ2v) is 1.41. The molecule has 0 fully saturated rings. The van der Waals surface area contributed by atoms with Gasteiger partial charge in [-0.25, -0.2) is 4.79 Å². The molecule has 0 radical (unpaired) electrons. The topological polar surface area (TPSA) is 62.5 Å². The molecular weight excluding hydrogens is 122 g/mol. The number of furan rings is 1. The molecule has 0 aliphatic rings. The van der Waals surface area contributed by atoms with Crippen LogP contribution in [0.2, 0.25) is 0 Å². The highest BCUT2D eigenvalue weighted by Crippen LogP contribution is 2.04. The number of amides is 1. The molecule has 1 rings (SSSR count). The fourth-order valence-corrected chi connectivity index (χ4v) is 0.455. The van der Waals surface area contributed by atoms with Crippen molar-refractivity contribution in [2.75, 3.05) is 5.32 Å². The van der Waals surface area contributed by atoms with Crippen LogP contribution >= 0.6 is 0 Å². The van der Waals surface area contributed by atoms with E-state index in [1.165, 1.54) is 12.3 Å². The number of nitrogens with one attached hydrogen (secondary N) is 1. The Hall–Kier alpha value is -1.45.